The van der Waals surface area contributed by atoms with Crippen molar-refractivity contribution in [3.63, 3.8) is 0 Å². The van der Waals surface area contributed by atoms with Crippen LogP contribution in [0.4, 0.5) is 11.4 Å². The number of benzene rings is 8. The van der Waals surface area contributed by atoms with E-state index in [0.717, 1.165) is 16.7 Å². The number of aromatic nitrogens is 3. The molecular formula is C87H92N6O9. The SMILES string of the molecule is CC(C)CN1C(=O)c2cc3c(cc2OCc2ccccc2)c2c(c(=O)n3CC(C)C)=CC(CC=2)N(CC(C)C)C(=O)c2cc3c(cc2OCc2ccccc2)c2ccc(cc2c(=O)n3CC(C)C)N(CC(C)C)C(=O)c2cc3c(cc2OCc2ccccc2)c2ccc1cc2c(=O)n3CC(C)C. The predicted octanol–water partition coefficient (Wildman–Crippen LogP) is 15.7. The van der Waals surface area contributed by atoms with Gasteiger partial charge in [-0.2, -0.15) is 0 Å². The number of anilines is 2. The van der Waals surface area contributed by atoms with Gasteiger partial charge in [0.25, 0.3) is 34.4 Å². The lowest BCUT2D eigenvalue weighted by molar-refractivity contribution is 0.0697. The summed E-state index contributed by atoms with van der Waals surface area (Å²) in [5.74, 6) is -0.385. The summed E-state index contributed by atoms with van der Waals surface area (Å²) in [4.78, 5) is 101. The predicted molar refractivity (Wildman–Crippen MR) is 412 cm³/mol. The molecule has 0 spiro atoms. The minimum atomic E-state index is -0.608. The normalized spacial score (nSPS) is 14.3. The van der Waals surface area contributed by atoms with Crippen molar-refractivity contribution in [1.29, 1.82) is 0 Å². The summed E-state index contributed by atoms with van der Waals surface area (Å²) in [6.45, 7) is 26.7. The Morgan fingerprint density at radius 3 is 1.08 bits per heavy atom. The lowest BCUT2D eigenvalue weighted by atomic mass is 9.96. The van der Waals surface area contributed by atoms with E-state index in [9.17, 15) is 0 Å². The van der Waals surface area contributed by atoms with E-state index in [1.807, 2.05) is 216 Å². The molecule has 8 aromatic carbocycles. The van der Waals surface area contributed by atoms with E-state index >= 15 is 28.8 Å². The number of ether oxygens (including phenoxy) is 3. The van der Waals surface area contributed by atoms with E-state index in [-0.39, 0.29) is 114 Å². The third-order valence-corrected chi connectivity index (χ3v) is 19.2. The number of fused-ring (bicyclic) bond motifs is 1. The molecule has 0 radical (unpaired) electrons. The fourth-order valence-electron chi connectivity index (χ4n) is 14.6. The summed E-state index contributed by atoms with van der Waals surface area (Å²) >= 11 is 0. The maximum atomic E-state index is 16.3. The average molecular weight is 1370 g/mol. The summed E-state index contributed by atoms with van der Waals surface area (Å²) < 4.78 is 25.9. The molecular weight excluding hydrogens is 1270 g/mol. The van der Waals surface area contributed by atoms with Crippen LogP contribution in [0.5, 0.6) is 17.2 Å². The summed E-state index contributed by atoms with van der Waals surface area (Å²) in [7, 11) is 0. The van der Waals surface area contributed by atoms with Gasteiger partial charge in [-0.05, 0) is 141 Å². The van der Waals surface area contributed by atoms with Crippen LogP contribution in [0.3, 0.4) is 0 Å². The highest BCUT2D eigenvalue weighted by Gasteiger charge is 2.33. The second kappa shape index (κ2) is 29.2. The Morgan fingerprint density at radius 1 is 0.343 bits per heavy atom. The lowest BCUT2D eigenvalue weighted by Gasteiger charge is -2.33. The van der Waals surface area contributed by atoms with Crippen LogP contribution in [0.2, 0.25) is 0 Å². The largest absolute Gasteiger partial charge is 0.488 e. The summed E-state index contributed by atoms with van der Waals surface area (Å²) in [5.41, 5.74) is 5.09. The molecule has 13 aliphatic heterocycles. The number of hydrogen-bond donors (Lipinski definition) is 0. The van der Waals surface area contributed by atoms with Crippen molar-refractivity contribution < 1.29 is 28.6 Å². The topological polar surface area (TPSA) is 155 Å². The molecule has 15 nitrogen and oxygen atoms in total. The Bertz CT molecular complexity index is 5400. The molecule has 15 heteroatoms. The van der Waals surface area contributed by atoms with Crippen molar-refractivity contribution in [1.82, 2.24) is 18.6 Å². The number of carbonyl (C=O) groups excluding carboxylic acids is 3. The molecule has 3 aromatic heterocycles. The molecule has 3 amide bonds. The Kier molecular flexibility index (Phi) is 20.0. The second-order valence-corrected chi connectivity index (χ2v) is 30.3. The molecule has 16 heterocycles. The van der Waals surface area contributed by atoms with Gasteiger partial charge in [0.2, 0.25) is 0 Å². The van der Waals surface area contributed by atoms with Crippen LogP contribution in [0.25, 0.3) is 66.4 Å². The van der Waals surface area contributed by atoms with Crippen LogP contribution >= 0.6 is 0 Å². The Morgan fingerprint density at radius 2 is 0.696 bits per heavy atom. The number of carbonyl (C=O) groups is 3. The van der Waals surface area contributed by atoms with Crippen LogP contribution in [-0.4, -0.2) is 62.0 Å². The van der Waals surface area contributed by atoms with Gasteiger partial charge >= 0.3 is 0 Å². The molecule has 18 bridgehead atoms. The smallest absolute Gasteiger partial charge is 0.262 e. The Labute approximate surface area is 595 Å². The van der Waals surface area contributed by atoms with Crippen molar-refractivity contribution in [3.8, 4) is 17.2 Å². The molecule has 102 heavy (non-hydrogen) atoms. The van der Waals surface area contributed by atoms with E-state index in [2.05, 4.69) is 41.5 Å². The maximum absolute atomic E-state index is 16.3. The first-order valence-corrected chi connectivity index (χ1v) is 36.2. The Hall–Kier alpha value is -10.5. The van der Waals surface area contributed by atoms with E-state index in [1.54, 1.807) is 29.6 Å². The van der Waals surface area contributed by atoms with Gasteiger partial charge in [0, 0.05) is 82.8 Å². The van der Waals surface area contributed by atoms with E-state index < -0.39 is 11.9 Å². The highest BCUT2D eigenvalue weighted by atomic mass is 16.5. The van der Waals surface area contributed by atoms with Gasteiger partial charge in [-0.3, -0.25) is 28.8 Å². The number of pyridine rings is 3. The molecule has 11 aromatic rings. The fraction of sp³-hybridized carbons (Fsp3) is 0.333. The fourth-order valence-corrected chi connectivity index (χ4v) is 14.6. The van der Waals surface area contributed by atoms with Gasteiger partial charge < -0.3 is 42.6 Å². The molecule has 1 atom stereocenters. The standard InChI is InChI=1S/C87H92N6O9/c1-52(2)43-88-61-28-31-64-68-41-80(101-50-59-24-18-14-19-25-59)74(38-77(68)92(47-56(9)10)82(94)70(64)34-61)86(98)90(45-54(5)6)63-30-33-66-69-42-81(102-51-60-26-20-15-21-27-60)75(39-78(69)93(48-57(11)12)84(96)72(66)36-63)87(99)89(44-53(3)4)62-29-32-65-67-40-79(100-49-58-22-16-13-17-23-58)73(85(88)97)37-76(67)91(46-55(7)8)83(95)71(65)35-62/h13-29,31-42,52-57,63H,30,43-51H2,1-12H3. The first kappa shape index (κ1) is 69.9. The monoisotopic (exact) mass is 1360 g/mol. The minimum absolute atomic E-state index is 0.0131. The van der Waals surface area contributed by atoms with Crippen LogP contribution in [-0.2, 0) is 39.5 Å². The Balaban J connectivity index is 1.14. The minimum Gasteiger partial charge on any atom is -0.488 e. The third-order valence-electron chi connectivity index (χ3n) is 19.2. The second-order valence-electron chi connectivity index (χ2n) is 30.3. The zero-order chi connectivity index (χ0) is 71.9. The zero-order valence-electron chi connectivity index (χ0n) is 60.7. The molecule has 0 saturated carbocycles. The first-order chi connectivity index (χ1) is 49.0. The molecule has 0 saturated heterocycles. The van der Waals surface area contributed by atoms with Crippen molar-refractivity contribution in [2.24, 2.45) is 35.5 Å². The van der Waals surface area contributed by atoms with Gasteiger partial charge in [-0.15, -0.1) is 0 Å². The van der Waals surface area contributed by atoms with Gasteiger partial charge in [-0.25, -0.2) is 0 Å². The summed E-state index contributed by atoms with van der Waals surface area (Å²) in [5, 5.41) is 5.10. The zero-order valence-corrected chi connectivity index (χ0v) is 60.7. The highest BCUT2D eigenvalue weighted by molar-refractivity contribution is 6.16. The van der Waals surface area contributed by atoms with Crippen LogP contribution in [0.15, 0.2) is 178 Å². The van der Waals surface area contributed by atoms with Gasteiger partial charge in [0.05, 0.1) is 39.3 Å². The van der Waals surface area contributed by atoms with E-state index in [4.69, 9.17) is 14.2 Å². The molecule has 25 rings (SSSR count). The van der Waals surface area contributed by atoms with Crippen LogP contribution in [0, 0.1) is 35.5 Å². The van der Waals surface area contributed by atoms with Crippen LogP contribution < -0.4 is 51.1 Å². The highest BCUT2D eigenvalue weighted by Crippen LogP contribution is 2.39. The maximum Gasteiger partial charge on any atom is 0.262 e. The van der Waals surface area contributed by atoms with E-state index in [0.29, 0.717) is 126 Å². The van der Waals surface area contributed by atoms with Gasteiger partial charge in [-0.1, -0.05) is 192 Å². The number of hydrogen-bond acceptors (Lipinski definition) is 9. The first-order valence-electron chi connectivity index (χ1n) is 36.2. The lowest BCUT2D eigenvalue weighted by Crippen LogP contribution is -2.51. The summed E-state index contributed by atoms with van der Waals surface area (Å²) in [6.07, 6.45) is 4.32. The summed E-state index contributed by atoms with van der Waals surface area (Å²) in [6, 6.07) is 50.9. The molecule has 14 aliphatic rings. The van der Waals surface area contributed by atoms with E-state index in [1.165, 1.54) is 0 Å². The number of rotatable bonds is 21. The third kappa shape index (κ3) is 14.0. The van der Waals surface area contributed by atoms with Crippen LogP contribution in [0.1, 0.15) is 137 Å². The van der Waals surface area contributed by atoms with Gasteiger partial charge in [0.15, 0.2) is 0 Å². The molecule has 1 unspecified atom stereocenters. The number of nitrogens with zero attached hydrogens (tertiary/aromatic N) is 6. The van der Waals surface area contributed by atoms with Gasteiger partial charge in [0.1, 0.15) is 37.1 Å². The molecule has 0 N–H and O–H groups in total. The number of amides is 3. The molecule has 0 fully saturated rings. The van der Waals surface area contributed by atoms with Crippen molar-refractivity contribution >= 4 is 95.5 Å². The molecule has 524 valence electrons. The van der Waals surface area contributed by atoms with Crippen molar-refractivity contribution in [2.45, 2.75) is 135 Å². The van der Waals surface area contributed by atoms with Crippen molar-refractivity contribution in [3.05, 3.63) is 239 Å². The quantitative estimate of drug-likeness (QED) is 0.0639. The van der Waals surface area contributed by atoms with Crippen molar-refractivity contribution in [2.75, 3.05) is 29.4 Å². The molecule has 1 aliphatic carbocycles. The average Bonchev–Trinajstić information content (AvgIpc) is 0.744.